The topological polar surface area (TPSA) is 136 Å². The number of aromatic nitrogens is 3. The largest absolute Gasteiger partial charge is 0.378 e. The SMILES string of the molecule is CCC1CNCC1Nc1c(C(N)=O)cnn2cc(-c3ccc(CNC(=O)COC)nc3)cc12. The summed E-state index contributed by atoms with van der Waals surface area (Å²) in [6.07, 6.45) is 6.19. The van der Waals surface area contributed by atoms with Crippen LogP contribution in [0.2, 0.25) is 0 Å². The van der Waals surface area contributed by atoms with Crippen LogP contribution in [0.1, 0.15) is 29.4 Å². The van der Waals surface area contributed by atoms with Gasteiger partial charge in [0.1, 0.15) is 6.61 Å². The van der Waals surface area contributed by atoms with E-state index in [2.05, 4.69) is 33.0 Å². The fraction of sp³-hybridized carbons (Fsp3) is 0.391. The lowest BCUT2D eigenvalue weighted by atomic mass is 10.00. The molecule has 33 heavy (non-hydrogen) atoms. The number of methoxy groups -OCH3 is 1. The van der Waals surface area contributed by atoms with Crippen molar-refractivity contribution in [3.63, 3.8) is 0 Å². The summed E-state index contributed by atoms with van der Waals surface area (Å²) in [5.41, 5.74) is 10.0. The van der Waals surface area contributed by atoms with Gasteiger partial charge < -0.3 is 26.4 Å². The quantitative estimate of drug-likeness (QED) is 0.383. The number of ether oxygens (including phenoxy) is 1. The summed E-state index contributed by atoms with van der Waals surface area (Å²) in [7, 11) is 1.48. The highest BCUT2D eigenvalue weighted by Gasteiger charge is 2.27. The summed E-state index contributed by atoms with van der Waals surface area (Å²) in [4.78, 5) is 28.1. The van der Waals surface area contributed by atoms with E-state index < -0.39 is 5.91 Å². The van der Waals surface area contributed by atoms with Crippen LogP contribution in [0.15, 0.2) is 36.8 Å². The van der Waals surface area contributed by atoms with E-state index in [1.807, 2.05) is 24.4 Å². The third kappa shape index (κ3) is 4.96. The van der Waals surface area contributed by atoms with Gasteiger partial charge >= 0.3 is 0 Å². The maximum atomic E-state index is 12.1. The Morgan fingerprint density at radius 3 is 2.82 bits per heavy atom. The molecule has 0 aliphatic carbocycles. The number of nitrogens with one attached hydrogen (secondary N) is 3. The molecule has 0 bridgehead atoms. The predicted octanol–water partition coefficient (Wildman–Crippen LogP) is 1.17. The number of rotatable bonds is 9. The summed E-state index contributed by atoms with van der Waals surface area (Å²) in [5.74, 6) is -0.244. The average molecular weight is 452 g/mol. The normalized spacial score (nSPS) is 17.9. The number of hydrogen-bond donors (Lipinski definition) is 4. The van der Waals surface area contributed by atoms with Crippen LogP contribution in [0.25, 0.3) is 16.6 Å². The summed E-state index contributed by atoms with van der Waals surface area (Å²) in [5, 5.41) is 14.1. The molecule has 2 amide bonds. The van der Waals surface area contributed by atoms with Crippen LogP contribution in [0.5, 0.6) is 0 Å². The zero-order valence-corrected chi connectivity index (χ0v) is 18.8. The number of carbonyl (C=O) groups excluding carboxylic acids is 2. The maximum absolute atomic E-state index is 12.1. The van der Waals surface area contributed by atoms with E-state index in [1.165, 1.54) is 13.3 Å². The standard InChI is InChI=1S/C23H29N7O3/c1-3-14-7-25-11-19(14)29-22-18(23(24)32)10-28-30-12-16(6-20(22)30)15-4-5-17(26-8-15)9-27-21(31)13-33-2/h4-6,8,10,12,14,19,25,29H,3,7,9,11,13H2,1-2H3,(H2,24,32)(H,27,31). The average Bonchev–Trinajstić information content (AvgIpc) is 3.45. The Morgan fingerprint density at radius 2 is 2.12 bits per heavy atom. The Labute approximate surface area is 191 Å². The van der Waals surface area contributed by atoms with Crippen molar-refractivity contribution in [3.05, 3.63) is 48.0 Å². The Morgan fingerprint density at radius 1 is 1.27 bits per heavy atom. The Bertz CT molecular complexity index is 1140. The number of carbonyl (C=O) groups is 2. The lowest BCUT2D eigenvalue weighted by molar-refractivity contribution is -0.124. The molecule has 5 N–H and O–H groups in total. The molecule has 0 spiro atoms. The third-order valence-corrected chi connectivity index (χ3v) is 6.00. The van der Waals surface area contributed by atoms with Gasteiger partial charge in [0.25, 0.3) is 5.91 Å². The fourth-order valence-electron chi connectivity index (χ4n) is 4.14. The van der Waals surface area contributed by atoms with Gasteiger partial charge in [-0.05, 0) is 18.1 Å². The van der Waals surface area contributed by atoms with Crippen molar-refractivity contribution in [2.24, 2.45) is 11.7 Å². The van der Waals surface area contributed by atoms with E-state index in [-0.39, 0.29) is 18.6 Å². The van der Waals surface area contributed by atoms with Crippen molar-refractivity contribution in [1.29, 1.82) is 0 Å². The summed E-state index contributed by atoms with van der Waals surface area (Å²) in [6.45, 7) is 4.27. The van der Waals surface area contributed by atoms with E-state index in [4.69, 9.17) is 10.5 Å². The first-order chi connectivity index (χ1) is 16.0. The number of hydrogen-bond acceptors (Lipinski definition) is 7. The van der Waals surface area contributed by atoms with Gasteiger partial charge in [-0.15, -0.1) is 0 Å². The minimum atomic E-state index is -0.518. The highest BCUT2D eigenvalue weighted by Crippen LogP contribution is 2.30. The molecule has 1 aliphatic rings. The number of amides is 2. The number of nitrogens with two attached hydrogens (primary N) is 1. The van der Waals surface area contributed by atoms with Crippen LogP contribution < -0.4 is 21.7 Å². The molecule has 0 radical (unpaired) electrons. The Kier molecular flexibility index (Phi) is 6.85. The molecule has 4 heterocycles. The van der Waals surface area contributed by atoms with Crippen LogP contribution in [-0.4, -0.2) is 59.3 Å². The van der Waals surface area contributed by atoms with E-state index >= 15 is 0 Å². The van der Waals surface area contributed by atoms with Gasteiger partial charge in [-0.3, -0.25) is 14.6 Å². The second-order valence-electron chi connectivity index (χ2n) is 8.18. The van der Waals surface area contributed by atoms with Crippen molar-refractivity contribution < 1.29 is 14.3 Å². The van der Waals surface area contributed by atoms with E-state index in [0.717, 1.165) is 41.8 Å². The first-order valence-corrected chi connectivity index (χ1v) is 11.0. The lowest BCUT2D eigenvalue weighted by Gasteiger charge is -2.21. The zero-order valence-electron chi connectivity index (χ0n) is 18.8. The Balaban J connectivity index is 1.61. The molecule has 1 aliphatic heterocycles. The molecule has 1 fully saturated rings. The molecule has 2 atom stereocenters. The van der Waals surface area contributed by atoms with Crippen molar-refractivity contribution in [3.8, 4) is 11.1 Å². The van der Waals surface area contributed by atoms with Crippen molar-refractivity contribution in [2.75, 3.05) is 32.1 Å². The number of fused-ring (bicyclic) bond motifs is 1. The summed E-state index contributed by atoms with van der Waals surface area (Å²) < 4.78 is 6.55. The Hall–Kier alpha value is -3.50. The zero-order chi connectivity index (χ0) is 23.4. The van der Waals surface area contributed by atoms with Gasteiger partial charge in [-0.1, -0.05) is 19.4 Å². The van der Waals surface area contributed by atoms with Gasteiger partial charge in [-0.25, -0.2) is 4.52 Å². The number of anilines is 1. The molecular formula is C23H29N7O3. The van der Waals surface area contributed by atoms with Crippen LogP contribution in [0, 0.1) is 5.92 Å². The number of nitrogens with zero attached hydrogens (tertiary/aromatic N) is 3. The highest BCUT2D eigenvalue weighted by atomic mass is 16.5. The van der Waals surface area contributed by atoms with Crippen LogP contribution in [-0.2, 0) is 16.1 Å². The minimum absolute atomic E-state index is 0.0159. The monoisotopic (exact) mass is 451 g/mol. The first-order valence-electron chi connectivity index (χ1n) is 11.0. The molecular weight excluding hydrogens is 422 g/mol. The number of pyridine rings is 1. The highest BCUT2D eigenvalue weighted by molar-refractivity contribution is 6.02. The molecule has 3 aromatic rings. The van der Waals surface area contributed by atoms with E-state index in [9.17, 15) is 9.59 Å². The van der Waals surface area contributed by atoms with Crippen LogP contribution >= 0.6 is 0 Å². The third-order valence-electron chi connectivity index (χ3n) is 6.00. The lowest BCUT2D eigenvalue weighted by Crippen LogP contribution is -2.30. The maximum Gasteiger partial charge on any atom is 0.252 e. The predicted molar refractivity (Wildman–Crippen MR) is 125 cm³/mol. The smallest absolute Gasteiger partial charge is 0.252 e. The van der Waals surface area contributed by atoms with Crippen LogP contribution in [0.4, 0.5) is 5.69 Å². The van der Waals surface area contributed by atoms with Crippen molar-refractivity contribution >= 4 is 23.0 Å². The molecule has 2 unspecified atom stereocenters. The second kappa shape index (κ2) is 9.97. The van der Waals surface area contributed by atoms with Gasteiger partial charge in [0.05, 0.1) is 35.2 Å². The van der Waals surface area contributed by atoms with E-state index in [0.29, 0.717) is 23.7 Å². The molecule has 3 aromatic heterocycles. The van der Waals surface area contributed by atoms with Gasteiger partial charge in [-0.2, -0.15) is 5.10 Å². The fourth-order valence-corrected chi connectivity index (χ4v) is 4.14. The van der Waals surface area contributed by atoms with Crippen molar-refractivity contribution in [1.82, 2.24) is 25.2 Å². The van der Waals surface area contributed by atoms with E-state index in [1.54, 1.807) is 10.7 Å². The molecule has 174 valence electrons. The second-order valence-corrected chi connectivity index (χ2v) is 8.18. The van der Waals surface area contributed by atoms with Gasteiger partial charge in [0.2, 0.25) is 5.91 Å². The molecule has 0 saturated carbocycles. The van der Waals surface area contributed by atoms with Gasteiger partial charge in [0.15, 0.2) is 0 Å². The molecule has 0 aromatic carbocycles. The molecule has 10 heteroatoms. The first kappa shape index (κ1) is 22.7. The van der Waals surface area contributed by atoms with Gasteiger partial charge in [0, 0.05) is 49.8 Å². The van der Waals surface area contributed by atoms with Crippen molar-refractivity contribution in [2.45, 2.75) is 25.9 Å². The minimum Gasteiger partial charge on any atom is -0.378 e. The van der Waals surface area contributed by atoms with Crippen LogP contribution in [0.3, 0.4) is 0 Å². The summed E-state index contributed by atoms with van der Waals surface area (Å²) in [6, 6.07) is 5.98. The number of primary amides is 1. The molecule has 1 saturated heterocycles. The molecule has 10 nitrogen and oxygen atoms in total. The molecule has 4 rings (SSSR count). The summed E-state index contributed by atoms with van der Waals surface area (Å²) >= 11 is 0.